The number of aryl methyl sites for hydroxylation is 2. The van der Waals surface area contributed by atoms with Gasteiger partial charge in [0.15, 0.2) is 5.43 Å². The maximum absolute atomic E-state index is 11.0. The van der Waals surface area contributed by atoms with Crippen LogP contribution in [-0.2, 0) is 6.54 Å². The molecule has 0 aliphatic carbocycles. The van der Waals surface area contributed by atoms with Crippen LogP contribution in [0.1, 0.15) is 22.8 Å². The van der Waals surface area contributed by atoms with Crippen LogP contribution in [0.2, 0.25) is 0 Å². The van der Waals surface area contributed by atoms with Gasteiger partial charge in [0.25, 0.3) is 0 Å². The normalized spacial score (nSPS) is 12.4. The third-order valence-electron chi connectivity index (χ3n) is 3.04. The lowest BCUT2D eigenvalue weighted by Gasteiger charge is -2.16. The third kappa shape index (κ3) is 2.87. The van der Waals surface area contributed by atoms with E-state index in [1.165, 1.54) is 12.1 Å². The molecule has 0 aliphatic heterocycles. The van der Waals surface area contributed by atoms with Gasteiger partial charge in [-0.25, -0.2) is 0 Å². The van der Waals surface area contributed by atoms with Crippen molar-refractivity contribution in [2.75, 3.05) is 0 Å². The molecular formula is C15H17NO2. The Bertz CT molecular complexity index is 581. The molecule has 18 heavy (non-hydrogen) atoms. The van der Waals surface area contributed by atoms with Crippen molar-refractivity contribution < 1.29 is 5.11 Å². The average Bonchev–Trinajstić information content (AvgIpc) is 2.35. The first-order chi connectivity index (χ1) is 8.56. The van der Waals surface area contributed by atoms with Crippen molar-refractivity contribution in [1.82, 2.24) is 4.57 Å². The van der Waals surface area contributed by atoms with Crippen LogP contribution in [0.5, 0.6) is 0 Å². The minimum Gasteiger partial charge on any atom is -0.387 e. The zero-order valence-electron chi connectivity index (χ0n) is 10.6. The molecule has 1 atom stereocenters. The highest BCUT2D eigenvalue weighted by Gasteiger charge is 2.10. The average molecular weight is 243 g/mol. The van der Waals surface area contributed by atoms with Gasteiger partial charge in [0, 0.05) is 24.5 Å². The molecule has 94 valence electrons. The largest absolute Gasteiger partial charge is 0.387 e. The molecule has 0 aliphatic rings. The lowest BCUT2D eigenvalue weighted by atomic mass is 10.0. The molecule has 3 heteroatoms. The molecule has 1 N–H and O–H groups in total. The van der Waals surface area contributed by atoms with Crippen LogP contribution in [-0.4, -0.2) is 9.67 Å². The Labute approximate surface area is 106 Å². The lowest BCUT2D eigenvalue weighted by molar-refractivity contribution is 0.155. The van der Waals surface area contributed by atoms with Crippen molar-refractivity contribution in [3.8, 4) is 0 Å². The second-order valence-electron chi connectivity index (χ2n) is 4.61. The summed E-state index contributed by atoms with van der Waals surface area (Å²) in [4.78, 5) is 11.0. The van der Waals surface area contributed by atoms with Crippen LogP contribution in [0.25, 0.3) is 0 Å². The van der Waals surface area contributed by atoms with E-state index < -0.39 is 6.10 Å². The van der Waals surface area contributed by atoms with Gasteiger partial charge in [-0.15, -0.1) is 0 Å². The first-order valence-electron chi connectivity index (χ1n) is 5.97. The van der Waals surface area contributed by atoms with Crippen molar-refractivity contribution in [1.29, 1.82) is 0 Å². The number of aromatic nitrogens is 1. The molecular weight excluding hydrogens is 226 g/mol. The summed E-state index contributed by atoms with van der Waals surface area (Å²) in [5.41, 5.74) is 3.13. The van der Waals surface area contributed by atoms with Crippen molar-refractivity contribution >= 4 is 0 Å². The summed E-state index contributed by atoms with van der Waals surface area (Å²) in [6, 6.07) is 9.04. The fourth-order valence-electron chi connectivity index (χ4n) is 1.98. The predicted molar refractivity (Wildman–Crippen MR) is 71.6 cm³/mol. The Kier molecular flexibility index (Phi) is 3.63. The standard InChI is InChI=1S/C15H17NO2/c1-11-3-4-12(2)14(9-11)15(18)10-16-7-5-13(17)6-8-16/h3-9,15,18H,10H2,1-2H3. The van der Waals surface area contributed by atoms with E-state index in [-0.39, 0.29) is 5.43 Å². The van der Waals surface area contributed by atoms with Gasteiger partial charge in [-0.2, -0.15) is 0 Å². The van der Waals surface area contributed by atoms with Gasteiger partial charge < -0.3 is 9.67 Å². The van der Waals surface area contributed by atoms with Gasteiger partial charge in [0.05, 0.1) is 12.6 Å². The zero-order chi connectivity index (χ0) is 13.1. The van der Waals surface area contributed by atoms with Gasteiger partial charge in [0.1, 0.15) is 0 Å². The molecule has 0 saturated heterocycles. The number of rotatable bonds is 3. The summed E-state index contributed by atoms with van der Waals surface area (Å²) in [6.07, 6.45) is 2.82. The summed E-state index contributed by atoms with van der Waals surface area (Å²) in [5.74, 6) is 0. The van der Waals surface area contributed by atoms with Crippen LogP contribution in [0.3, 0.4) is 0 Å². The molecule has 2 rings (SSSR count). The maximum Gasteiger partial charge on any atom is 0.181 e. The second kappa shape index (κ2) is 5.19. The number of aliphatic hydroxyl groups is 1. The molecule has 1 heterocycles. The fraction of sp³-hybridized carbons (Fsp3) is 0.267. The summed E-state index contributed by atoms with van der Waals surface area (Å²) < 4.78 is 1.81. The fourth-order valence-corrected chi connectivity index (χ4v) is 1.98. The number of benzene rings is 1. The molecule has 2 aromatic rings. The molecule has 0 fully saturated rings. The molecule has 1 aromatic carbocycles. The SMILES string of the molecule is Cc1ccc(C)c(C(O)Cn2ccc(=O)cc2)c1. The van der Waals surface area contributed by atoms with Crippen molar-refractivity contribution in [3.63, 3.8) is 0 Å². The Balaban J connectivity index is 2.21. The van der Waals surface area contributed by atoms with E-state index in [4.69, 9.17) is 0 Å². The molecule has 0 bridgehead atoms. The van der Waals surface area contributed by atoms with E-state index >= 15 is 0 Å². The van der Waals surface area contributed by atoms with Gasteiger partial charge in [-0.05, 0) is 25.0 Å². The Morgan fingerprint density at radius 2 is 1.83 bits per heavy atom. The van der Waals surface area contributed by atoms with Gasteiger partial charge >= 0.3 is 0 Å². The van der Waals surface area contributed by atoms with E-state index in [0.717, 1.165) is 16.7 Å². The highest BCUT2D eigenvalue weighted by Crippen LogP contribution is 2.20. The highest BCUT2D eigenvalue weighted by molar-refractivity contribution is 5.32. The molecule has 3 nitrogen and oxygen atoms in total. The van der Waals surface area contributed by atoms with Crippen LogP contribution in [0.4, 0.5) is 0 Å². The topological polar surface area (TPSA) is 42.2 Å². The highest BCUT2D eigenvalue weighted by atomic mass is 16.3. The number of aliphatic hydroxyl groups excluding tert-OH is 1. The summed E-state index contributed by atoms with van der Waals surface area (Å²) in [7, 11) is 0. The molecule has 0 saturated carbocycles. The molecule has 0 spiro atoms. The number of hydrogen-bond acceptors (Lipinski definition) is 2. The van der Waals surface area contributed by atoms with Crippen molar-refractivity contribution in [2.45, 2.75) is 26.5 Å². The van der Waals surface area contributed by atoms with E-state index in [1.807, 2.05) is 36.6 Å². The molecule has 0 amide bonds. The lowest BCUT2D eigenvalue weighted by Crippen LogP contribution is -2.11. The predicted octanol–water partition coefficient (Wildman–Crippen LogP) is 2.20. The van der Waals surface area contributed by atoms with Crippen LogP contribution < -0.4 is 5.43 Å². The van der Waals surface area contributed by atoms with Crippen molar-refractivity contribution in [3.05, 3.63) is 69.6 Å². The smallest absolute Gasteiger partial charge is 0.181 e. The number of nitrogens with zero attached hydrogens (tertiary/aromatic N) is 1. The van der Waals surface area contributed by atoms with E-state index in [9.17, 15) is 9.90 Å². The minimum absolute atomic E-state index is 0.0209. The molecule has 1 aromatic heterocycles. The Hall–Kier alpha value is -1.87. The first kappa shape index (κ1) is 12.6. The third-order valence-corrected chi connectivity index (χ3v) is 3.04. The van der Waals surface area contributed by atoms with Gasteiger partial charge in [0.2, 0.25) is 0 Å². The first-order valence-corrected chi connectivity index (χ1v) is 5.97. The molecule has 0 radical (unpaired) electrons. The van der Waals surface area contributed by atoms with E-state index in [0.29, 0.717) is 6.54 Å². The molecule has 1 unspecified atom stereocenters. The van der Waals surface area contributed by atoms with Crippen LogP contribution in [0.15, 0.2) is 47.5 Å². The quantitative estimate of drug-likeness (QED) is 0.898. The zero-order valence-corrected chi connectivity index (χ0v) is 10.6. The monoisotopic (exact) mass is 243 g/mol. The summed E-state index contributed by atoms with van der Waals surface area (Å²) >= 11 is 0. The van der Waals surface area contributed by atoms with E-state index in [2.05, 4.69) is 0 Å². The van der Waals surface area contributed by atoms with Gasteiger partial charge in [-0.3, -0.25) is 4.79 Å². The summed E-state index contributed by atoms with van der Waals surface area (Å²) in [5, 5.41) is 10.2. The number of hydrogen-bond donors (Lipinski definition) is 1. The Morgan fingerprint density at radius 1 is 1.17 bits per heavy atom. The number of pyridine rings is 1. The van der Waals surface area contributed by atoms with Crippen LogP contribution >= 0.6 is 0 Å². The van der Waals surface area contributed by atoms with E-state index in [1.54, 1.807) is 12.4 Å². The summed E-state index contributed by atoms with van der Waals surface area (Å²) in [6.45, 7) is 4.45. The second-order valence-corrected chi connectivity index (χ2v) is 4.61. The van der Waals surface area contributed by atoms with Crippen molar-refractivity contribution in [2.24, 2.45) is 0 Å². The minimum atomic E-state index is -0.563. The van der Waals surface area contributed by atoms with Gasteiger partial charge in [-0.1, -0.05) is 23.8 Å². The van der Waals surface area contributed by atoms with Crippen LogP contribution in [0, 0.1) is 13.8 Å². The maximum atomic E-state index is 11.0. The Morgan fingerprint density at radius 3 is 2.50 bits per heavy atom.